The van der Waals surface area contributed by atoms with E-state index < -0.39 is 0 Å². The highest BCUT2D eigenvalue weighted by Gasteiger charge is 2.25. The van der Waals surface area contributed by atoms with Crippen LogP contribution in [0.4, 0.5) is 0 Å². The van der Waals surface area contributed by atoms with Crippen molar-refractivity contribution >= 4 is 15.9 Å². The molecule has 0 aliphatic carbocycles. The number of nitrogens with zero attached hydrogens (tertiary/aromatic N) is 1. The summed E-state index contributed by atoms with van der Waals surface area (Å²) in [5, 5.41) is 13.6. The molecule has 4 heteroatoms. The van der Waals surface area contributed by atoms with Gasteiger partial charge in [0.15, 0.2) is 0 Å². The molecule has 1 aliphatic rings. The Morgan fingerprint density at radius 3 is 2.58 bits per heavy atom. The summed E-state index contributed by atoms with van der Waals surface area (Å²) < 4.78 is 0.928. The molecule has 19 heavy (non-hydrogen) atoms. The Hall–Kier alpha value is -0.580. The van der Waals surface area contributed by atoms with Crippen molar-refractivity contribution in [3.63, 3.8) is 0 Å². The summed E-state index contributed by atoms with van der Waals surface area (Å²) in [6.07, 6.45) is 1.08. The fraction of sp³-hybridized carbons (Fsp3) is 0.600. The lowest BCUT2D eigenvalue weighted by molar-refractivity contribution is 0.151. The van der Waals surface area contributed by atoms with Crippen molar-refractivity contribution in [1.82, 2.24) is 10.2 Å². The number of rotatable bonds is 4. The molecule has 1 atom stereocenters. The molecule has 2 N–H and O–H groups in total. The smallest absolute Gasteiger partial charge is 0.121 e. The second-order valence-electron chi connectivity index (χ2n) is 5.63. The van der Waals surface area contributed by atoms with Gasteiger partial charge in [0.05, 0.1) is 0 Å². The maximum absolute atomic E-state index is 10.2. The van der Waals surface area contributed by atoms with Crippen molar-refractivity contribution in [1.29, 1.82) is 0 Å². The number of aromatic hydroxyl groups is 1. The number of hydrogen-bond donors (Lipinski definition) is 2. The van der Waals surface area contributed by atoms with Gasteiger partial charge < -0.3 is 10.4 Å². The molecular weight excluding hydrogens is 304 g/mol. The third-order valence-electron chi connectivity index (χ3n) is 3.64. The topological polar surface area (TPSA) is 35.5 Å². The lowest BCUT2D eigenvalue weighted by Crippen LogP contribution is -2.45. The number of halogens is 1. The van der Waals surface area contributed by atoms with Gasteiger partial charge in [0.2, 0.25) is 0 Å². The monoisotopic (exact) mass is 326 g/mol. The van der Waals surface area contributed by atoms with Crippen LogP contribution in [0.3, 0.4) is 0 Å². The predicted molar refractivity (Wildman–Crippen MR) is 82.4 cm³/mol. The Morgan fingerprint density at radius 2 is 2.00 bits per heavy atom. The van der Waals surface area contributed by atoms with Crippen LogP contribution in [0.2, 0.25) is 0 Å². The van der Waals surface area contributed by atoms with Crippen molar-refractivity contribution in [2.75, 3.05) is 26.2 Å². The zero-order chi connectivity index (χ0) is 13.8. The number of piperazine rings is 1. The zero-order valence-corrected chi connectivity index (χ0v) is 13.3. The van der Waals surface area contributed by atoms with Gasteiger partial charge in [-0.2, -0.15) is 0 Å². The van der Waals surface area contributed by atoms with Crippen LogP contribution >= 0.6 is 15.9 Å². The third kappa shape index (κ3) is 3.94. The molecule has 1 fully saturated rings. The first-order valence-corrected chi connectivity index (χ1v) is 7.80. The lowest BCUT2D eigenvalue weighted by Gasteiger charge is -2.36. The van der Waals surface area contributed by atoms with Gasteiger partial charge in [0.1, 0.15) is 5.75 Å². The van der Waals surface area contributed by atoms with E-state index in [2.05, 4.69) is 46.1 Å². The minimum atomic E-state index is 0.315. The van der Waals surface area contributed by atoms with Crippen LogP contribution in [-0.4, -0.2) is 36.2 Å². The minimum absolute atomic E-state index is 0.315. The maximum atomic E-state index is 10.2. The van der Waals surface area contributed by atoms with Crippen LogP contribution in [0.25, 0.3) is 0 Å². The van der Waals surface area contributed by atoms with E-state index in [-0.39, 0.29) is 0 Å². The van der Waals surface area contributed by atoms with E-state index in [1.54, 1.807) is 6.07 Å². The normalized spacial score (nSPS) is 18.7. The number of hydrogen-bond acceptors (Lipinski definition) is 3. The van der Waals surface area contributed by atoms with Gasteiger partial charge >= 0.3 is 0 Å². The van der Waals surface area contributed by atoms with Crippen molar-refractivity contribution in [3.05, 3.63) is 28.2 Å². The largest absolute Gasteiger partial charge is 0.508 e. The molecule has 0 radical (unpaired) electrons. The standard InChI is InChI=1S/C15H23BrN2O/c1-11(2)9-14(18-7-5-17-6-8-18)13-4-3-12(16)10-15(13)19/h3-4,10-11,14,17,19H,5-9H2,1-2H3/t14-/m0/s1. The van der Waals surface area contributed by atoms with Gasteiger partial charge in [0, 0.05) is 42.3 Å². The summed E-state index contributed by atoms with van der Waals surface area (Å²) in [7, 11) is 0. The van der Waals surface area contributed by atoms with E-state index in [0.717, 1.165) is 42.6 Å². The molecule has 0 bridgehead atoms. The maximum Gasteiger partial charge on any atom is 0.121 e. The highest BCUT2D eigenvalue weighted by molar-refractivity contribution is 9.10. The number of nitrogens with one attached hydrogen (secondary N) is 1. The van der Waals surface area contributed by atoms with Crippen molar-refractivity contribution in [2.45, 2.75) is 26.3 Å². The number of phenols is 1. The molecule has 0 amide bonds. The van der Waals surface area contributed by atoms with E-state index in [0.29, 0.717) is 17.7 Å². The first-order valence-electron chi connectivity index (χ1n) is 7.01. The Labute approximate surface area is 124 Å². The van der Waals surface area contributed by atoms with E-state index in [4.69, 9.17) is 0 Å². The first kappa shape index (κ1) is 14.8. The lowest BCUT2D eigenvalue weighted by atomic mass is 9.94. The van der Waals surface area contributed by atoms with Crippen LogP contribution in [0.1, 0.15) is 31.9 Å². The fourth-order valence-corrected chi connectivity index (χ4v) is 3.06. The summed E-state index contributed by atoms with van der Waals surface area (Å²) in [5.41, 5.74) is 1.05. The third-order valence-corrected chi connectivity index (χ3v) is 4.13. The average Bonchev–Trinajstić information content (AvgIpc) is 2.37. The average molecular weight is 327 g/mol. The Morgan fingerprint density at radius 1 is 1.32 bits per heavy atom. The molecule has 1 aromatic rings. The van der Waals surface area contributed by atoms with Crippen molar-refractivity contribution < 1.29 is 5.11 Å². The molecule has 1 aliphatic heterocycles. The summed E-state index contributed by atoms with van der Waals surface area (Å²) >= 11 is 3.41. The van der Waals surface area contributed by atoms with E-state index in [1.807, 2.05) is 6.07 Å². The highest BCUT2D eigenvalue weighted by Crippen LogP contribution is 2.35. The minimum Gasteiger partial charge on any atom is -0.508 e. The fourth-order valence-electron chi connectivity index (χ4n) is 2.71. The van der Waals surface area contributed by atoms with Crippen LogP contribution in [0.5, 0.6) is 5.75 Å². The van der Waals surface area contributed by atoms with Crippen LogP contribution in [-0.2, 0) is 0 Å². The SMILES string of the molecule is CC(C)C[C@@H](c1ccc(Br)cc1O)N1CCNCC1. The molecule has 0 aromatic heterocycles. The Kier molecular flexibility index (Phi) is 5.25. The van der Waals surface area contributed by atoms with E-state index in [1.165, 1.54) is 0 Å². The summed E-state index contributed by atoms with van der Waals surface area (Å²) in [4.78, 5) is 2.49. The molecule has 0 saturated carbocycles. The first-order chi connectivity index (χ1) is 9.08. The van der Waals surface area contributed by atoms with Crippen LogP contribution in [0.15, 0.2) is 22.7 Å². The van der Waals surface area contributed by atoms with Crippen LogP contribution < -0.4 is 5.32 Å². The molecule has 0 unspecified atom stereocenters. The highest BCUT2D eigenvalue weighted by atomic mass is 79.9. The molecule has 2 rings (SSSR count). The predicted octanol–water partition coefficient (Wildman–Crippen LogP) is 3.15. The zero-order valence-electron chi connectivity index (χ0n) is 11.7. The molecule has 1 heterocycles. The van der Waals surface area contributed by atoms with Gasteiger partial charge in [0.25, 0.3) is 0 Å². The molecule has 1 saturated heterocycles. The van der Waals surface area contributed by atoms with Crippen molar-refractivity contribution in [3.8, 4) is 5.75 Å². The summed E-state index contributed by atoms with van der Waals surface area (Å²) in [6.45, 7) is 8.65. The van der Waals surface area contributed by atoms with Gasteiger partial charge in [-0.1, -0.05) is 35.8 Å². The van der Waals surface area contributed by atoms with Gasteiger partial charge in [-0.3, -0.25) is 4.90 Å². The van der Waals surface area contributed by atoms with E-state index >= 15 is 0 Å². The second-order valence-corrected chi connectivity index (χ2v) is 6.55. The molecular formula is C15H23BrN2O. The molecule has 3 nitrogen and oxygen atoms in total. The summed E-state index contributed by atoms with van der Waals surface area (Å²) in [6, 6.07) is 6.18. The second kappa shape index (κ2) is 6.73. The van der Waals surface area contributed by atoms with Crippen LogP contribution in [0, 0.1) is 5.92 Å². The Balaban J connectivity index is 2.25. The van der Waals surface area contributed by atoms with Gasteiger partial charge in [-0.15, -0.1) is 0 Å². The van der Waals surface area contributed by atoms with E-state index in [9.17, 15) is 5.11 Å². The quantitative estimate of drug-likeness (QED) is 0.892. The summed E-state index contributed by atoms with van der Waals surface area (Å²) in [5.74, 6) is 1.02. The number of phenolic OH excluding ortho intramolecular Hbond substituents is 1. The van der Waals surface area contributed by atoms with Gasteiger partial charge in [-0.05, 0) is 24.5 Å². The Bertz CT molecular complexity index is 417. The van der Waals surface area contributed by atoms with Gasteiger partial charge in [-0.25, -0.2) is 0 Å². The molecule has 0 spiro atoms. The molecule has 106 valence electrons. The number of benzene rings is 1. The molecule has 1 aromatic carbocycles. The van der Waals surface area contributed by atoms with Crippen molar-refractivity contribution in [2.24, 2.45) is 5.92 Å².